The lowest BCUT2D eigenvalue weighted by Gasteiger charge is -2.21. The van der Waals surface area contributed by atoms with Gasteiger partial charge in [0.2, 0.25) is 0 Å². The summed E-state index contributed by atoms with van der Waals surface area (Å²) in [5.74, 6) is -0.593. The van der Waals surface area contributed by atoms with Crippen molar-refractivity contribution in [2.24, 2.45) is 13.0 Å². The van der Waals surface area contributed by atoms with Gasteiger partial charge in [-0.25, -0.2) is 9.36 Å². The Balaban J connectivity index is 1.61. The Kier molecular flexibility index (Phi) is 9.45. The third-order valence-corrected chi connectivity index (χ3v) is 8.24. The van der Waals surface area contributed by atoms with Gasteiger partial charge in [-0.3, -0.25) is 14.6 Å². The number of pyridine rings is 2. The molecular weight excluding hydrogens is 625 g/mol. The number of carbonyl (C=O) groups is 1. The second-order valence-electron chi connectivity index (χ2n) is 10.9. The Hall–Kier alpha value is -4.42. The predicted octanol–water partition coefficient (Wildman–Crippen LogP) is 6.70. The molecular formula is C31H30Cl2F2N8O2. The minimum Gasteiger partial charge on any atom is -0.396 e. The zero-order valence-electron chi connectivity index (χ0n) is 24.7. The number of benzene rings is 1. The molecule has 5 aromatic rings. The standard InChI is InChI=1S/C31H30Cl2F2N8O2/c1-17(18(2)44)5-4-6-21(25-11-19(9-10-37-25)30-24(36)14-38-43(30)31(34)35)23-15-41(3)27(13-28(23)45)22-12-20(32)7-8-26(22)42-16-29(33)39-40-42/h7-17,21,31H,4-6,36H2,1-3H3/t17-,21-/m1/s1. The summed E-state index contributed by atoms with van der Waals surface area (Å²) in [6.07, 6.45) is 7.66. The summed E-state index contributed by atoms with van der Waals surface area (Å²) in [6.45, 7) is 0.515. The molecule has 4 heterocycles. The van der Waals surface area contributed by atoms with Gasteiger partial charge in [-0.05, 0) is 50.1 Å². The average molecular weight is 656 g/mol. The fourth-order valence-corrected chi connectivity index (χ4v) is 5.66. The summed E-state index contributed by atoms with van der Waals surface area (Å²) >= 11 is 12.4. The SMILES string of the molecule is CC(=O)[C@H](C)CCC[C@@H](c1cc(-c2c(N)cnn2C(F)F)ccn1)c1cn(C)c(-c2cc(Cl)ccc2-n2cc(Cl)nn2)cc1=O. The molecule has 5 rings (SSSR count). The molecule has 0 bridgehead atoms. The number of ketones is 1. The number of Topliss-reactive ketones (excluding diaryl/α,β-unsaturated/α-hetero) is 1. The summed E-state index contributed by atoms with van der Waals surface area (Å²) < 4.78 is 31.3. The van der Waals surface area contributed by atoms with Gasteiger partial charge < -0.3 is 10.3 Å². The number of hydrogen-bond acceptors (Lipinski definition) is 7. The van der Waals surface area contributed by atoms with E-state index in [2.05, 4.69) is 20.4 Å². The quantitative estimate of drug-likeness (QED) is 0.168. The Morgan fingerprint density at radius 2 is 1.87 bits per heavy atom. The van der Waals surface area contributed by atoms with Crippen molar-refractivity contribution in [2.45, 2.75) is 45.6 Å². The molecule has 0 aliphatic heterocycles. The van der Waals surface area contributed by atoms with Crippen LogP contribution in [0.1, 0.15) is 56.8 Å². The molecule has 0 fully saturated rings. The zero-order valence-corrected chi connectivity index (χ0v) is 26.2. The number of aromatic nitrogens is 7. The highest BCUT2D eigenvalue weighted by Crippen LogP contribution is 2.35. The number of hydrogen-bond donors (Lipinski definition) is 1. The van der Waals surface area contributed by atoms with E-state index in [9.17, 15) is 18.4 Å². The minimum atomic E-state index is -2.90. The summed E-state index contributed by atoms with van der Waals surface area (Å²) in [6, 6.07) is 9.92. The Morgan fingerprint density at radius 1 is 1.09 bits per heavy atom. The molecule has 0 saturated carbocycles. The fourth-order valence-electron chi connectivity index (χ4n) is 5.36. The van der Waals surface area contributed by atoms with Crippen LogP contribution in [0.4, 0.5) is 14.5 Å². The second-order valence-corrected chi connectivity index (χ2v) is 11.7. The van der Waals surface area contributed by atoms with E-state index in [1.165, 1.54) is 23.1 Å². The van der Waals surface area contributed by atoms with Gasteiger partial charge in [0.1, 0.15) is 5.78 Å². The van der Waals surface area contributed by atoms with Gasteiger partial charge in [-0.2, -0.15) is 13.9 Å². The van der Waals surface area contributed by atoms with Crippen molar-refractivity contribution in [3.8, 4) is 28.2 Å². The van der Waals surface area contributed by atoms with Crippen molar-refractivity contribution in [2.75, 3.05) is 5.73 Å². The molecule has 10 nitrogen and oxygen atoms in total. The highest BCUT2D eigenvalue weighted by Gasteiger charge is 2.24. The van der Waals surface area contributed by atoms with E-state index in [0.29, 0.717) is 62.7 Å². The number of nitrogens with two attached hydrogens (primary N) is 1. The number of carbonyl (C=O) groups excluding carboxylic acids is 1. The third-order valence-electron chi connectivity index (χ3n) is 7.83. The van der Waals surface area contributed by atoms with Crippen molar-refractivity contribution in [3.05, 3.63) is 92.8 Å². The van der Waals surface area contributed by atoms with Gasteiger partial charge in [0, 0.05) is 64.8 Å². The van der Waals surface area contributed by atoms with Crippen LogP contribution in [0.2, 0.25) is 10.2 Å². The van der Waals surface area contributed by atoms with Crippen molar-refractivity contribution in [3.63, 3.8) is 0 Å². The normalized spacial score (nSPS) is 12.9. The lowest BCUT2D eigenvalue weighted by Crippen LogP contribution is -2.19. The van der Waals surface area contributed by atoms with E-state index >= 15 is 0 Å². The molecule has 45 heavy (non-hydrogen) atoms. The van der Waals surface area contributed by atoms with Crippen LogP contribution in [-0.2, 0) is 11.8 Å². The highest BCUT2D eigenvalue weighted by molar-refractivity contribution is 6.31. The van der Waals surface area contributed by atoms with E-state index in [1.807, 2.05) is 11.5 Å². The largest absolute Gasteiger partial charge is 0.396 e. The first kappa shape index (κ1) is 32.0. The summed E-state index contributed by atoms with van der Waals surface area (Å²) in [5, 5.41) is 12.3. The first-order valence-electron chi connectivity index (χ1n) is 14.1. The second kappa shape index (κ2) is 13.3. The van der Waals surface area contributed by atoms with Crippen LogP contribution in [0.15, 0.2) is 66.0 Å². The third kappa shape index (κ3) is 6.81. The van der Waals surface area contributed by atoms with Crippen LogP contribution in [-0.4, -0.2) is 40.1 Å². The molecule has 0 spiro atoms. The van der Waals surface area contributed by atoms with Crippen LogP contribution >= 0.6 is 23.2 Å². The summed E-state index contributed by atoms with van der Waals surface area (Å²) in [4.78, 5) is 30.4. The van der Waals surface area contributed by atoms with Crippen LogP contribution in [0.3, 0.4) is 0 Å². The maximum Gasteiger partial charge on any atom is 0.333 e. The van der Waals surface area contributed by atoms with Crippen molar-refractivity contribution in [1.29, 1.82) is 0 Å². The van der Waals surface area contributed by atoms with Crippen molar-refractivity contribution in [1.82, 2.24) is 34.3 Å². The van der Waals surface area contributed by atoms with Gasteiger partial charge >= 0.3 is 6.55 Å². The highest BCUT2D eigenvalue weighted by atomic mass is 35.5. The number of aryl methyl sites for hydroxylation is 1. The number of rotatable bonds is 11. The van der Waals surface area contributed by atoms with Crippen LogP contribution in [0.5, 0.6) is 0 Å². The molecule has 4 aromatic heterocycles. The van der Waals surface area contributed by atoms with Gasteiger partial charge in [0.05, 0.1) is 35.2 Å². The molecule has 0 radical (unpaired) electrons. The number of alkyl halides is 2. The van der Waals surface area contributed by atoms with E-state index in [4.69, 9.17) is 28.9 Å². The van der Waals surface area contributed by atoms with Gasteiger partial charge in [-0.15, -0.1) is 5.10 Å². The fraction of sp³-hybridized carbons (Fsp3) is 0.290. The molecule has 0 aliphatic carbocycles. The Labute approximate surface area is 267 Å². The monoisotopic (exact) mass is 654 g/mol. The number of nitrogen functional groups attached to an aromatic ring is 1. The summed E-state index contributed by atoms with van der Waals surface area (Å²) in [5.41, 5.74) is 9.03. The topological polar surface area (TPSA) is 127 Å². The molecule has 234 valence electrons. The number of anilines is 1. The smallest absolute Gasteiger partial charge is 0.333 e. The maximum absolute atomic E-state index is 13.9. The molecule has 1 aromatic carbocycles. The first-order valence-corrected chi connectivity index (χ1v) is 14.9. The van der Waals surface area contributed by atoms with Crippen molar-refractivity contribution < 1.29 is 13.6 Å². The van der Waals surface area contributed by atoms with E-state index in [0.717, 1.165) is 0 Å². The van der Waals surface area contributed by atoms with E-state index in [1.54, 1.807) is 56.7 Å². The first-order chi connectivity index (χ1) is 21.4. The maximum atomic E-state index is 13.9. The van der Waals surface area contributed by atoms with E-state index < -0.39 is 12.5 Å². The molecule has 0 amide bonds. The Bertz CT molecular complexity index is 1920. The molecule has 0 unspecified atom stereocenters. The summed E-state index contributed by atoms with van der Waals surface area (Å²) in [7, 11) is 1.80. The number of nitrogens with zero attached hydrogens (tertiary/aromatic N) is 7. The van der Waals surface area contributed by atoms with Gasteiger partial charge in [-0.1, -0.05) is 41.8 Å². The molecule has 2 N–H and O–H groups in total. The van der Waals surface area contributed by atoms with Crippen LogP contribution < -0.4 is 11.2 Å². The molecule has 14 heteroatoms. The average Bonchev–Trinajstić information content (AvgIpc) is 3.61. The van der Waals surface area contributed by atoms with E-state index in [-0.39, 0.29) is 33.7 Å². The molecule has 0 saturated heterocycles. The predicted molar refractivity (Wildman–Crippen MR) is 169 cm³/mol. The number of halogens is 4. The lowest BCUT2D eigenvalue weighted by atomic mass is 9.87. The Morgan fingerprint density at radius 3 is 2.56 bits per heavy atom. The molecule has 0 aliphatic rings. The van der Waals surface area contributed by atoms with Crippen LogP contribution in [0.25, 0.3) is 28.2 Å². The van der Waals surface area contributed by atoms with Gasteiger partial charge in [0.15, 0.2) is 10.6 Å². The lowest BCUT2D eigenvalue weighted by molar-refractivity contribution is -0.120. The molecule has 2 atom stereocenters. The van der Waals surface area contributed by atoms with Crippen LogP contribution in [0, 0.1) is 5.92 Å². The van der Waals surface area contributed by atoms with Crippen molar-refractivity contribution >= 4 is 34.7 Å². The van der Waals surface area contributed by atoms with Gasteiger partial charge in [0.25, 0.3) is 0 Å². The minimum absolute atomic E-state index is 0.0579. The zero-order chi connectivity index (χ0) is 32.4.